The molecule has 0 aliphatic rings. The van der Waals surface area contributed by atoms with E-state index in [4.69, 9.17) is 10.5 Å². The zero-order chi connectivity index (χ0) is 20.1. The predicted molar refractivity (Wildman–Crippen MR) is 118 cm³/mol. The quantitative estimate of drug-likeness (QED) is 0.450. The lowest BCUT2D eigenvalue weighted by Crippen LogP contribution is -2.07. The van der Waals surface area contributed by atoms with Gasteiger partial charge in [0.1, 0.15) is 24.5 Å². The van der Waals surface area contributed by atoms with E-state index in [-0.39, 0.29) is 0 Å². The van der Waals surface area contributed by atoms with Crippen LogP contribution < -0.4 is 15.8 Å². The van der Waals surface area contributed by atoms with E-state index in [1.807, 2.05) is 30.3 Å². The van der Waals surface area contributed by atoms with Crippen molar-refractivity contribution in [2.75, 3.05) is 17.6 Å². The number of hydrogen-bond donors (Lipinski definition) is 2. The molecule has 0 saturated carbocycles. The Morgan fingerprint density at radius 1 is 0.931 bits per heavy atom. The fraction of sp³-hybridized carbons (Fsp3) is 0.167. The van der Waals surface area contributed by atoms with Gasteiger partial charge in [-0.3, -0.25) is 0 Å². The first-order valence-corrected chi connectivity index (χ1v) is 9.69. The average molecular weight is 384 g/mol. The highest BCUT2D eigenvalue weighted by Crippen LogP contribution is 2.22. The summed E-state index contributed by atoms with van der Waals surface area (Å²) in [7, 11) is 0. The third kappa shape index (κ3) is 4.82. The van der Waals surface area contributed by atoms with E-state index >= 15 is 0 Å². The number of rotatable bonds is 7. The molecule has 4 rings (SSSR count). The normalized spacial score (nSPS) is 10.8. The molecule has 146 valence electrons. The van der Waals surface area contributed by atoms with Crippen LogP contribution in [0.1, 0.15) is 16.7 Å². The summed E-state index contributed by atoms with van der Waals surface area (Å²) >= 11 is 0. The molecule has 1 heterocycles. The van der Waals surface area contributed by atoms with E-state index in [9.17, 15) is 0 Å². The second-order valence-electron chi connectivity index (χ2n) is 7.10. The Morgan fingerprint density at radius 2 is 1.79 bits per heavy atom. The minimum Gasteiger partial charge on any atom is -0.489 e. The minimum absolute atomic E-state index is 0.576. The number of nitrogen functional groups attached to an aromatic ring is 1. The summed E-state index contributed by atoms with van der Waals surface area (Å²) in [6.45, 7) is 3.43. The Morgan fingerprint density at radius 3 is 2.62 bits per heavy atom. The Bertz CT molecular complexity index is 1110. The number of aryl methyl sites for hydroxylation is 1. The van der Waals surface area contributed by atoms with E-state index in [0.29, 0.717) is 12.3 Å². The molecule has 0 aliphatic carbocycles. The first kappa shape index (κ1) is 18.7. The van der Waals surface area contributed by atoms with Gasteiger partial charge in [0.05, 0.1) is 5.52 Å². The number of nitrogens with one attached hydrogen (secondary N) is 1. The van der Waals surface area contributed by atoms with Crippen molar-refractivity contribution in [2.24, 2.45) is 0 Å². The number of fused-ring (bicyclic) bond motifs is 1. The molecular formula is C24H24N4O. The van der Waals surface area contributed by atoms with Crippen molar-refractivity contribution in [3.63, 3.8) is 0 Å². The number of aromatic nitrogens is 2. The largest absolute Gasteiger partial charge is 0.489 e. The maximum atomic E-state index is 5.90. The summed E-state index contributed by atoms with van der Waals surface area (Å²) in [5.41, 5.74) is 11.1. The zero-order valence-electron chi connectivity index (χ0n) is 16.4. The molecule has 3 N–H and O–H groups in total. The predicted octanol–water partition coefficient (Wildman–Crippen LogP) is 4.75. The molecule has 0 bridgehead atoms. The lowest BCUT2D eigenvalue weighted by atomic mass is 10.1. The highest BCUT2D eigenvalue weighted by molar-refractivity contribution is 5.91. The topological polar surface area (TPSA) is 73.1 Å². The molecule has 3 aromatic carbocycles. The van der Waals surface area contributed by atoms with Gasteiger partial charge in [-0.25, -0.2) is 9.97 Å². The minimum atomic E-state index is 0.576. The van der Waals surface area contributed by atoms with Crippen molar-refractivity contribution in [3.8, 4) is 5.75 Å². The van der Waals surface area contributed by atoms with Crippen LogP contribution in [0.15, 0.2) is 73.1 Å². The lowest BCUT2D eigenvalue weighted by Gasteiger charge is -2.10. The molecule has 1 aromatic heterocycles. The molecule has 0 spiro atoms. The van der Waals surface area contributed by atoms with E-state index in [2.05, 4.69) is 58.6 Å². The maximum absolute atomic E-state index is 5.90. The fourth-order valence-corrected chi connectivity index (χ4v) is 3.26. The molecule has 0 saturated heterocycles. The first-order chi connectivity index (χ1) is 14.2. The summed E-state index contributed by atoms with van der Waals surface area (Å²) in [6, 6.07) is 22.3. The van der Waals surface area contributed by atoms with Crippen LogP contribution in [-0.2, 0) is 13.0 Å². The number of benzene rings is 3. The average Bonchev–Trinajstić information content (AvgIpc) is 2.73. The van der Waals surface area contributed by atoms with Gasteiger partial charge in [0.25, 0.3) is 0 Å². The number of anilines is 2. The smallest absolute Gasteiger partial charge is 0.137 e. The van der Waals surface area contributed by atoms with Crippen molar-refractivity contribution in [1.29, 1.82) is 0 Å². The number of nitrogens with two attached hydrogens (primary N) is 1. The molecule has 5 heteroatoms. The van der Waals surface area contributed by atoms with Crippen LogP contribution in [0.2, 0.25) is 0 Å². The molecule has 4 aromatic rings. The Labute approximate surface area is 170 Å². The highest BCUT2D eigenvalue weighted by atomic mass is 16.5. The summed E-state index contributed by atoms with van der Waals surface area (Å²) < 4.78 is 5.89. The summed E-state index contributed by atoms with van der Waals surface area (Å²) in [4.78, 5) is 8.64. The molecule has 0 unspecified atom stereocenters. The lowest BCUT2D eigenvalue weighted by molar-refractivity contribution is 0.306. The second-order valence-corrected chi connectivity index (χ2v) is 7.10. The molecule has 5 nitrogen and oxygen atoms in total. The van der Waals surface area contributed by atoms with Gasteiger partial charge in [0.15, 0.2) is 0 Å². The molecular weight excluding hydrogens is 360 g/mol. The molecule has 0 atom stereocenters. The number of hydrogen-bond acceptors (Lipinski definition) is 5. The van der Waals surface area contributed by atoms with Crippen LogP contribution >= 0.6 is 0 Å². The van der Waals surface area contributed by atoms with E-state index < -0.39 is 0 Å². The third-order valence-electron chi connectivity index (χ3n) is 4.78. The Hall–Kier alpha value is -3.60. The van der Waals surface area contributed by atoms with Crippen LogP contribution in [0.5, 0.6) is 5.75 Å². The molecule has 29 heavy (non-hydrogen) atoms. The van der Waals surface area contributed by atoms with Gasteiger partial charge in [0.2, 0.25) is 0 Å². The van der Waals surface area contributed by atoms with Crippen LogP contribution in [-0.4, -0.2) is 16.5 Å². The monoisotopic (exact) mass is 384 g/mol. The van der Waals surface area contributed by atoms with Gasteiger partial charge >= 0.3 is 0 Å². The van der Waals surface area contributed by atoms with Crippen molar-refractivity contribution in [1.82, 2.24) is 9.97 Å². The second kappa shape index (κ2) is 8.61. The van der Waals surface area contributed by atoms with Gasteiger partial charge in [-0.15, -0.1) is 0 Å². The van der Waals surface area contributed by atoms with Crippen molar-refractivity contribution >= 4 is 22.4 Å². The summed E-state index contributed by atoms with van der Waals surface area (Å²) in [6.07, 6.45) is 2.45. The third-order valence-corrected chi connectivity index (χ3v) is 4.78. The van der Waals surface area contributed by atoms with Crippen molar-refractivity contribution in [3.05, 3.63) is 89.7 Å². The Kier molecular flexibility index (Phi) is 5.56. The van der Waals surface area contributed by atoms with Gasteiger partial charge in [-0.1, -0.05) is 42.0 Å². The maximum Gasteiger partial charge on any atom is 0.137 e. The highest BCUT2D eigenvalue weighted by Gasteiger charge is 2.04. The number of nitrogens with zero attached hydrogens (tertiary/aromatic N) is 2. The van der Waals surface area contributed by atoms with Crippen LogP contribution in [0, 0.1) is 6.92 Å². The van der Waals surface area contributed by atoms with Gasteiger partial charge < -0.3 is 15.8 Å². The van der Waals surface area contributed by atoms with Crippen LogP contribution in [0.4, 0.5) is 11.5 Å². The first-order valence-electron chi connectivity index (χ1n) is 9.69. The van der Waals surface area contributed by atoms with Gasteiger partial charge in [-0.2, -0.15) is 0 Å². The van der Waals surface area contributed by atoms with E-state index in [1.165, 1.54) is 16.7 Å². The van der Waals surface area contributed by atoms with Crippen molar-refractivity contribution < 1.29 is 4.74 Å². The molecule has 0 fully saturated rings. The summed E-state index contributed by atoms with van der Waals surface area (Å²) in [5.74, 6) is 1.68. The van der Waals surface area contributed by atoms with E-state index in [0.717, 1.165) is 35.4 Å². The summed E-state index contributed by atoms with van der Waals surface area (Å²) in [5, 5.41) is 4.33. The van der Waals surface area contributed by atoms with Gasteiger partial charge in [0, 0.05) is 17.6 Å². The van der Waals surface area contributed by atoms with Crippen molar-refractivity contribution in [2.45, 2.75) is 20.0 Å². The zero-order valence-corrected chi connectivity index (χ0v) is 16.4. The van der Waals surface area contributed by atoms with Crippen LogP contribution in [0.3, 0.4) is 0 Å². The van der Waals surface area contributed by atoms with E-state index in [1.54, 1.807) is 6.33 Å². The molecule has 0 radical (unpaired) electrons. The molecule has 0 amide bonds. The Balaban J connectivity index is 1.32. The molecule has 0 aliphatic heterocycles. The SMILES string of the molecule is Cc1cccc(COc2ccc(CCNc3ncnc4ccc(N)cc34)cc2)c1. The fourth-order valence-electron chi connectivity index (χ4n) is 3.26. The van der Waals surface area contributed by atoms with Crippen LogP contribution in [0.25, 0.3) is 10.9 Å². The van der Waals surface area contributed by atoms with Gasteiger partial charge in [-0.05, 0) is 54.8 Å². The number of ether oxygens (including phenoxy) is 1. The standard InChI is InChI=1S/C24H24N4O/c1-17-3-2-4-19(13-17)15-29-21-8-5-18(6-9-21)11-12-26-24-22-14-20(25)7-10-23(22)27-16-28-24/h2-10,13-14,16H,11-12,15,25H2,1H3,(H,26,27,28).